The molecule has 5 nitrogen and oxygen atoms in total. The van der Waals surface area contributed by atoms with Gasteiger partial charge in [0.1, 0.15) is 5.56 Å². The first-order chi connectivity index (χ1) is 13.0. The van der Waals surface area contributed by atoms with Crippen LogP contribution in [0.3, 0.4) is 0 Å². The van der Waals surface area contributed by atoms with Crippen molar-refractivity contribution in [1.82, 2.24) is 14.8 Å². The van der Waals surface area contributed by atoms with Crippen LogP contribution in [0.5, 0.6) is 0 Å². The molecular weight excluding hydrogens is 338 g/mol. The Bertz CT molecular complexity index is 764. The van der Waals surface area contributed by atoms with E-state index in [0.29, 0.717) is 30.0 Å². The number of hydrogen-bond acceptors (Lipinski definition) is 3. The topological polar surface area (TPSA) is 54.3 Å². The van der Waals surface area contributed by atoms with Crippen LogP contribution in [-0.4, -0.2) is 41.1 Å². The second-order valence-electron chi connectivity index (χ2n) is 8.91. The predicted octanol–water partition coefficient (Wildman–Crippen LogP) is 2.87. The summed E-state index contributed by atoms with van der Waals surface area (Å²) in [5.74, 6) is 0.942. The Labute approximate surface area is 162 Å². The standard InChI is InChI=1S/C22H33N3O2/c1-15-12-16(2)25(14-17-8-9-17)22(27)20(15)21(26)23-13-18-6-5-11-24-10-4-3-7-19(18)24/h12,17-19H,3-11,13-14H2,1-2H3,(H,23,26)/t18-,19+/m0/s1. The van der Waals surface area contributed by atoms with Crippen LogP contribution in [-0.2, 0) is 6.54 Å². The molecule has 1 aromatic rings. The van der Waals surface area contributed by atoms with Gasteiger partial charge in [-0.1, -0.05) is 6.42 Å². The largest absolute Gasteiger partial charge is 0.352 e. The Hall–Kier alpha value is -1.62. The van der Waals surface area contributed by atoms with Gasteiger partial charge < -0.3 is 14.8 Å². The average molecular weight is 372 g/mol. The van der Waals surface area contributed by atoms with E-state index < -0.39 is 0 Å². The highest BCUT2D eigenvalue weighted by atomic mass is 16.2. The molecule has 3 heterocycles. The highest BCUT2D eigenvalue weighted by Crippen LogP contribution is 2.31. The Morgan fingerprint density at radius 1 is 1.11 bits per heavy atom. The van der Waals surface area contributed by atoms with E-state index in [1.54, 1.807) is 0 Å². The van der Waals surface area contributed by atoms with Gasteiger partial charge in [-0.2, -0.15) is 0 Å². The number of hydrogen-bond donors (Lipinski definition) is 1. The number of aryl methyl sites for hydroxylation is 2. The molecule has 2 aliphatic heterocycles. The van der Waals surface area contributed by atoms with Gasteiger partial charge in [-0.3, -0.25) is 9.59 Å². The quantitative estimate of drug-likeness (QED) is 0.866. The molecule has 0 unspecified atom stereocenters. The summed E-state index contributed by atoms with van der Waals surface area (Å²) in [6.07, 6.45) is 8.64. The SMILES string of the molecule is Cc1cc(C)n(CC2CC2)c(=O)c1C(=O)NC[C@@H]1CCCN2CCCC[C@H]12. The second-order valence-corrected chi connectivity index (χ2v) is 8.91. The first-order valence-corrected chi connectivity index (χ1v) is 10.8. The number of fused-ring (bicyclic) bond motifs is 1. The number of piperidine rings is 2. The lowest BCUT2D eigenvalue weighted by Gasteiger charge is -2.44. The molecule has 148 valence electrons. The van der Waals surface area contributed by atoms with Gasteiger partial charge in [0.2, 0.25) is 0 Å². The molecule has 3 aliphatic rings. The van der Waals surface area contributed by atoms with Crippen molar-refractivity contribution in [2.75, 3.05) is 19.6 Å². The van der Waals surface area contributed by atoms with Crippen molar-refractivity contribution in [3.63, 3.8) is 0 Å². The van der Waals surface area contributed by atoms with E-state index in [1.165, 1.54) is 58.0 Å². The molecule has 0 bridgehead atoms. The van der Waals surface area contributed by atoms with Crippen LogP contribution in [0.15, 0.2) is 10.9 Å². The molecule has 1 aliphatic carbocycles. The van der Waals surface area contributed by atoms with Crippen molar-refractivity contribution in [3.8, 4) is 0 Å². The van der Waals surface area contributed by atoms with E-state index in [0.717, 1.165) is 17.8 Å². The number of nitrogens with one attached hydrogen (secondary N) is 1. The minimum atomic E-state index is -0.185. The van der Waals surface area contributed by atoms with Gasteiger partial charge in [0.25, 0.3) is 11.5 Å². The van der Waals surface area contributed by atoms with Crippen molar-refractivity contribution < 1.29 is 4.79 Å². The lowest BCUT2D eigenvalue weighted by atomic mass is 9.83. The molecule has 4 rings (SSSR count). The van der Waals surface area contributed by atoms with Gasteiger partial charge in [-0.15, -0.1) is 0 Å². The number of rotatable bonds is 5. The van der Waals surface area contributed by atoms with Crippen LogP contribution in [0.4, 0.5) is 0 Å². The highest BCUT2D eigenvalue weighted by Gasteiger charge is 2.33. The van der Waals surface area contributed by atoms with E-state index in [1.807, 2.05) is 24.5 Å². The first-order valence-electron chi connectivity index (χ1n) is 10.8. The Kier molecular flexibility index (Phi) is 5.40. The van der Waals surface area contributed by atoms with Crippen LogP contribution in [0.25, 0.3) is 0 Å². The fraction of sp³-hybridized carbons (Fsp3) is 0.727. The predicted molar refractivity (Wildman–Crippen MR) is 107 cm³/mol. The summed E-state index contributed by atoms with van der Waals surface area (Å²) in [5, 5.41) is 3.12. The third kappa shape index (κ3) is 3.98. The Balaban J connectivity index is 1.47. The molecule has 0 spiro atoms. The van der Waals surface area contributed by atoms with E-state index in [2.05, 4.69) is 10.2 Å². The summed E-state index contributed by atoms with van der Waals surface area (Å²) in [5.41, 5.74) is 1.99. The minimum Gasteiger partial charge on any atom is -0.352 e. The lowest BCUT2D eigenvalue weighted by Crippen LogP contribution is -2.51. The highest BCUT2D eigenvalue weighted by molar-refractivity contribution is 5.95. The van der Waals surface area contributed by atoms with Crippen molar-refractivity contribution in [1.29, 1.82) is 0 Å². The van der Waals surface area contributed by atoms with Crippen molar-refractivity contribution in [3.05, 3.63) is 33.2 Å². The molecule has 27 heavy (non-hydrogen) atoms. The number of pyridine rings is 1. The zero-order valence-corrected chi connectivity index (χ0v) is 16.8. The molecule has 1 aromatic heterocycles. The number of amides is 1. The van der Waals surface area contributed by atoms with Gasteiger partial charge in [-0.05, 0) is 88.9 Å². The van der Waals surface area contributed by atoms with Crippen LogP contribution in [0.1, 0.15) is 66.6 Å². The summed E-state index contributed by atoms with van der Waals surface area (Å²) < 4.78 is 1.81. The molecule has 2 atom stereocenters. The fourth-order valence-electron chi connectivity index (χ4n) is 5.12. The van der Waals surface area contributed by atoms with Gasteiger partial charge in [0.05, 0.1) is 0 Å². The van der Waals surface area contributed by atoms with E-state index in [-0.39, 0.29) is 11.5 Å². The molecular formula is C22H33N3O2. The lowest BCUT2D eigenvalue weighted by molar-refractivity contribution is 0.0575. The number of carbonyl (C=O) groups excluding carboxylic acids is 1. The number of nitrogens with zero attached hydrogens (tertiary/aromatic N) is 2. The van der Waals surface area contributed by atoms with E-state index in [4.69, 9.17) is 0 Å². The molecule has 1 N–H and O–H groups in total. The average Bonchev–Trinajstić information content (AvgIpc) is 3.47. The number of aromatic nitrogens is 1. The summed E-state index contributed by atoms with van der Waals surface area (Å²) >= 11 is 0. The van der Waals surface area contributed by atoms with Gasteiger partial charge >= 0.3 is 0 Å². The summed E-state index contributed by atoms with van der Waals surface area (Å²) in [7, 11) is 0. The maximum Gasteiger partial charge on any atom is 0.263 e. The molecule has 1 saturated carbocycles. The molecule has 0 aromatic carbocycles. The minimum absolute atomic E-state index is 0.111. The molecule has 0 radical (unpaired) electrons. The summed E-state index contributed by atoms with van der Waals surface area (Å²) in [6, 6.07) is 2.60. The maximum atomic E-state index is 13.0. The van der Waals surface area contributed by atoms with Crippen LogP contribution >= 0.6 is 0 Å². The fourth-order valence-corrected chi connectivity index (χ4v) is 5.12. The van der Waals surface area contributed by atoms with Crippen molar-refractivity contribution in [2.45, 2.75) is 71.4 Å². The second kappa shape index (κ2) is 7.78. The zero-order valence-electron chi connectivity index (χ0n) is 16.8. The van der Waals surface area contributed by atoms with Crippen molar-refractivity contribution in [2.24, 2.45) is 11.8 Å². The van der Waals surface area contributed by atoms with Crippen LogP contribution < -0.4 is 10.9 Å². The smallest absolute Gasteiger partial charge is 0.263 e. The van der Waals surface area contributed by atoms with Gasteiger partial charge in [0.15, 0.2) is 0 Å². The third-order valence-electron chi connectivity index (χ3n) is 6.82. The molecule has 5 heteroatoms. The van der Waals surface area contributed by atoms with Gasteiger partial charge in [-0.25, -0.2) is 0 Å². The zero-order chi connectivity index (χ0) is 19.0. The monoisotopic (exact) mass is 371 g/mol. The Morgan fingerprint density at radius 2 is 1.89 bits per heavy atom. The number of carbonyl (C=O) groups is 1. The van der Waals surface area contributed by atoms with Gasteiger partial charge in [0, 0.05) is 24.8 Å². The van der Waals surface area contributed by atoms with E-state index in [9.17, 15) is 9.59 Å². The van der Waals surface area contributed by atoms with Crippen LogP contribution in [0, 0.1) is 25.7 Å². The molecule has 1 amide bonds. The molecule has 3 fully saturated rings. The Morgan fingerprint density at radius 3 is 2.67 bits per heavy atom. The van der Waals surface area contributed by atoms with Crippen LogP contribution in [0.2, 0.25) is 0 Å². The van der Waals surface area contributed by atoms with Crippen molar-refractivity contribution >= 4 is 5.91 Å². The van der Waals surface area contributed by atoms with E-state index >= 15 is 0 Å². The maximum absolute atomic E-state index is 13.0. The normalized spacial score (nSPS) is 25.9. The first kappa shape index (κ1) is 18.7. The summed E-state index contributed by atoms with van der Waals surface area (Å²) in [6.45, 7) is 7.71. The summed E-state index contributed by atoms with van der Waals surface area (Å²) in [4.78, 5) is 28.5. The third-order valence-corrected chi connectivity index (χ3v) is 6.82. The molecule has 2 saturated heterocycles.